The van der Waals surface area contributed by atoms with Crippen molar-refractivity contribution in [1.82, 2.24) is 14.5 Å². The van der Waals surface area contributed by atoms with E-state index in [-0.39, 0.29) is 0 Å². The first-order valence-corrected chi connectivity index (χ1v) is 7.79. The van der Waals surface area contributed by atoms with E-state index in [9.17, 15) is 0 Å². The summed E-state index contributed by atoms with van der Waals surface area (Å²) in [6, 6.07) is 2.05. The van der Waals surface area contributed by atoms with Gasteiger partial charge in [0.05, 0.1) is 11.7 Å². The van der Waals surface area contributed by atoms with Crippen LogP contribution in [0.4, 0.5) is 0 Å². The molecule has 110 valence electrons. The Balaban J connectivity index is 2.12. The molecule has 1 unspecified atom stereocenters. The summed E-state index contributed by atoms with van der Waals surface area (Å²) < 4.78 is 2.31. The number of imidazole rings is 1. The van der Waals surface area contributed by atoms with Crippen molar-refractivity contribution in [3.63, 3.8) is 0 Å². The average Bonchev–Trinajstić information content (AvgIpc) is 2.82. The number of hydrogen-bond donors (Lipinski definition) is 1. The summed E-state index contributed by atoms with van der Waals surface area (Å²) in [5.74, 6) is 1.92. The lowest BCUT2D eigenvalue weighted by Crippen LogP contribution is -2.11. The minimum absolute atomic E-state index is 0.730. The second kappa shape index (κ2) is 7.39. The zero-order chi connectivity index (χ0) is 14.4. The fourth-order valence-corrected chi connectivity index (χ4v) is 2.99. The Kier molecular flexibility index (Phi) is 5.53. The summed E-state index contributed by atoms with van der Waals surface area (Å²) >= 11 is 0. The molecule has 4 nitrogen and oxygen atoms in total. The summed E-state index contributed by atoms with van der Waals surface area (Å²) in [7, 11) is 0. The van der Waals surface area contributed by atoms with Crippen LogP contribution in [-0.2, 0) is 13.0 Å². The number of pyridine rings is 1. The molecule has 0 spiro atoms. The normalized spacial score (nSPS) is 12.9. The molecule has 1 atom stereocenters. The third kappa shape index (κ3) is 3.37. The molecule has 2 rings (SSSR count). The van der Waals surface area contributed by atoms with Crippen LogP contribution < -0.4 is 5.73 Å². The summed E-state index contributed by atoms with van der Waals surface area (Å²) in [6.45, 7) is 6.18. The maximum Gasteiger partial charge on any atom is 0.109 e. The SMILES string of the molecule is CCCC(CCN)CCc1nc2cnccc2n1CC. The minimum atomic E-state index is 0.730. The van der Waals surface area contributed by atoms with Crippen molar-refractivity contribution in [2.24, 2.45) is 11.7 Å². The molecule has 0 aliphatic carbocycles. The van der Waals surface area contributed by atoms with Crippen LogP contribution in [0.2, 0.25) is 0 Å². The van der Waals surface area contributed by atoms with E-state index in [4.69, 9.17) is 10.7 Å². The highest BCUT2D eigenvalue weighted by Gasteiger charge is 2.12. The van der Waals surface area contributed by atoms with Gasteiger partial charge in [-0.05, 0) is 38.3 Å². The first kappa shape index (κ1) is 15.0. The van der Waals surface area contributed by atoms with Gasteiger partial charge in [0.25, 0.3) is 0 Å². The zero-order valence-corrected chi connectivity index (χ0v) is 12.7. The van der Waals surface area contributed by atoms with Crippen LogP contribution in [-0.4, -0.2) is 21.1 Å². The van der Waals surface area contributed by atoms with Crippen molar-refractivity contribution < 1.29 is 0 Å². The number of rotatable bonds is 8. The molecule has 0 aliphatic heterocycles. The van der Waals surface area contributed by atoms with E-state index < -0.39 is 0 Å². The Morgan fingerprint density at radius 3 is 2.80 bits per heavy atom. The van der Waals surface area contributed by atoms with E-state index >= 15 is 0 Å². The molecule has 0 aliphatic rings. The molecule has 4 heteroatoms. The molecular formula is C16H26N4. The molecule has 0 saturated heterocycles. The zero-order valence-electron chi connectivity index (χ0n) is 12.7. The molecule has 2 aromatic heterocycles. The molecule has 2 N–H and O–H groups in total. The Morgan fingerprint density at radius 1 is 1.25 bits per heavy atom. The van der Waals surface area contributed by atoms with E-state index in [1.54, 1.807) is 0 Å². The lowest BCUT2D eigenvalue weighted by atomic mass is 9.94. The summed E-state index contributed by atoms with van der Waals surface area (Å²) in [6.07, 6.45) is 9.54. The second-order valence-corrected chi connectivity index (χ2v) is 5.41. The van der Waals surface area contributed by atoms with Crippen molar-refractivity contribution in [1.29, 1.82) is 0 Å². The highest BCUT2D eigenvalue weighted by Crippen LogP contribution is 2.21. The number of aryl methyl sites for hydroxylation is 2. The maximum atomic E-state index is 5.72. The van der Waals surface area contributed by atoms with Gasteiger partial charge in [-0.25, -0.2) is 4.98 Å². The van der Waals surface area contributed by atoms with Gasteiger partial charge in [-0.3, -0.25) is 4.98 Å². The molecule has 0 aromatic carbocycles. The highest BCUT2D eigenvalue weighted by molar-refractivity contribution is 5.74. The topological polar surface area (TPSA) is 56.7 Å². The molecule has 2 aromatic rings. The fourth-order valence-electron chi connectivity index (χ4n) is 2.99. The third-order valence-electron chi connectivity index (χ3n) is 3.99. The van der Waals surface area contributed by atoms with Crippen molar-refractivity contribution in [3.05, 3.63) is 24.3 Å². The first-order valence-electron chi connectivity index (χ1n) is 7.79. The van der Waals surface area contributed by atoms with Crippen LogP contribution >= 0.6 is 0 Å². The van der Waals surface area contributed by atoms with Gasteiger partial charge in [0.2, 0.25) is 0 Å². The Morgan fingerprint density at radius 2 is 2.10 bits per heavy atom. The smallest absolute Gasteiger partial charge is 0.109 e. The van der Waals surface area contributed by atoms with E-state index in [2.05, 4.69) is 29.5 Å². The molecule has 20 heavy (non-hydrogen) atoms. The van der Waals surface area contributed by atoms with Gasteiger partial charge in [-0.2, -0.15) is 0 Å². The molecule has 0 radical (unpaired) electrons. The van der Waals surface area contributed by atoms with Crippen molar-refractivity contribution in [2.75, 3.05) is 6.54 Å². The van der Waals surface area contributed by atoms with Gasteiger partial charge in [0.1, 0.15) is 11.3 Å². The molecule has 0 bridgehead atoms. The first-order chi connectivity index (χ1) is 9.80. The lowest BCUT2D eigenvalue weighted by Gasteiger charge is -2.15. The molecule has 2 heterocycles. The van der Waals surface area contributed by atoms with Crippen LogP contribution in [0.25, 0.3) is 11.0 Å². The van der Waals surface area contributed by atoms with Gasteiger partial charge in [0, 0.05) is 19.2 Å². The molecule has 0 saturated carbocycles. The largest absolute Gasteiger partial charge is 0.330 e. The van der Waals surface area contributed by atoms with Gasteiger partial charge >= 0.3 is 0 Å². The third-order valence-corrected chi connectivity index (χ3v) is 3.99. The Labute approximate surface area is 121 Å². The predicted molar refractivity (Wildman–Crippen MR) is 83.6 cm³/mol. The maximum absolute atomic E-state index is 5.72. The second-order valence-electron chi connectivity index (χ2n) is 5.41. The number of hydrogen-bond acceptors (Lipinski definition) is 3. The van der Waals surface area contributed by atoms with Crippen LogP contribution in [0.5, 0.6) is 0 Å². The molecular weight excluding hydrogens is 248 g/mol. The number of aromatic nitrogens is 3. The van der Waals surface area contributed by atoms with E-state index in [1.807, 2.05) is 12.4 Å². The standard InChI is InChI=1S/C16H26N4/c1-3-5-13(8-10-17)6-7-16-19-14-12-18-11-9-15(14)20(16)4-2/h9,11-13H,3-8,10,17H2,1-2H3. The predicted octanol–water partition coefficient (Wildman–Crippen LogP) is 3.15. The van der Waals surface area contributed by atoms with E-state index in [0.717, 1.165) is 37.4 Å². The van der Waals surface area contributed by atoms with Crippen LogP contribution in [0, 0.1) is 5.92 Å². The summed E-state index contributed by atoms with van der Waals surface area (Å²) in [4.78, 5) is 8.91. The summed E-state index contributed by atoms with van der Waals surface area (Å²) in [5, 5.41) is 0. The lowest BCUT2D eigenvalue weighted by molar-refractivity contribution is 0.415. The highest BCUT2D eigenvalue weighted by atomic mass is 15.1. The number of nitrogens with zero attached hydrogens (tertiary/aromatic N) is 3. The van der Waals surface area contributed by atoms with Crippen LogP contribution in [0.3, 0.4) is 0 Å². The van der Waals surface area contributed by atoms with Crippen molar-refractivity contribution in [3.8, 4) is 0 Å². The Hall–Kier alpha value is -1.42. The quantitative estimate of drug-likeness (QED) is 0.804. The molecule has 0 fully saturated rings. The fraction of sp³-hybridized carbons (Fsp3) is 0.625. The summed E-state index contributed by atoms with van der Waals surface area (Å²) in [5.41, 5.74) is 7.92. The van der Waals surface area contributed by atoms with Gasteiger partial charge in [0.15, 0.2) is 0 Å². The van der Waals surface area contributed by atoms with E-state index in [0.29, 0.717) is 0 Å². The Bertz CT molecular complexity index is 526. The number of nitrogens with two attached hydrogens (primary N) is 1. The minimum Gasteiger partial charge on any atom is -0.330 e. The van der Waals surface area contributed by atoms with Crippen LogP contribution in [0.15, 0.2) is 18.5 Å². The molecule has 0 amide bonds. The van der Waals surface area contributed by atoms with Gasteiger partial charge < -0.3 is 10.3 Å². The van der Waals surface area contributed by atoms with Gasteiger partial charge in [-0.15, -0.1) is 0 Å². The van der Waals surface area contributed by atoms with Gasteiger partial charge in [-0.1, -0.05) is 19.8 Å². The van der Waals surface area contributed by atoms with E-state index in [1.165, 1.54) is 30.6 Å². The number of fused-ring (bicyclic) bond motifs is 1. The average molecular weight is 274 g/mol. The van der Waals surface area contributed by atoms with Crippen molar-refractivity contribution in [2.45, 2.75) is 52.5 Å². The monoisotopic (exact) mass is 274 g/mol. The van der Waals surface area contributed by atoms with Crippen molar-refractivity contribution >= 4 is 11.0 Å². The van der Waals surface area contributed by atoms with Crippen LogP contribution in [0.1, 0.15) is 45.4 Å².